The second-order valence-electron chi connectivity index (χ2n) is 9.74. The lowest BCUT2D eigenvalue weighted by Gasteiger charge is -2.37. The number of aliphatic hydroxyl groups is 1. The molecule has 200 valence electrons. The van der Waals surface area contributed by atoms with Gasteiger partial charge in [-0.2, -0.15) is 4.31 Å². The Kier molecular flexibility index (Phi) is 8.66. The molecule has 3 atom stereocenters. The van der Waals surface area contributed by atoms with E-state index in [-0.39, 0.29) is 42.2 Å². The quantitative estimate of drug-likeness (QED) is 0.454. The van der Waals surface area contributed by atoms with Gasteiger partial charge in [-0.05, 0) is 42.3 Å². The maximum absolute atomic E-state index is 13.7. The van der Waals surface area contributed by atoms with E-state index in [1.165, 1.54) is 4.31 Å². The molecule has 7 nitrogen and oxygen atoms in total. The second-order valence-corrected chi connectivity index (χ2v) is 11.6. The normalized spacial score (nSPS) is 20.1. The SMILES string of the molecule is C[C@@H]1CN([C@@H](C)CO)S(=O)(=O)c2ccc(/C=C/c3ccccc3)cc2O[C@H]1CN(C)C(=O)c1ccccc1. The van der Waals surface area contributed by atoms with Gasteiger partial charge in [0.25, 0.3) is 5.91 Å². The molecule has 0 saturated heterocycles. The van der Waals surface area contributed by atoms with Gasteiger partial charge in [0.1, 0.15) is 16.7 Å². The lowest BCUT2D eigenvalue weighted by molar-refractivity contribution is 0.0563. The average Bonchev–Trinajstić information content (AvgIpc) is 2.93. The number of rotatable bonds is 7. The van der Waals surface area contributed by atoms with Crippen LogP contribution in [0.1, 0.15) is 35.3 Å². The Bertz CT molecular complexity index is 1380. The van der Waals surface area contributed by atoms with Gasteiger partial charge in [-0.1, -0.05) is 73.7 Å². The Morgan fingerprint density at radius 3 is 2.34 bits per heavy atom. The number of nitrogens with zero attached hydrogens (tertiary/aromatic N) is 2. The maximum Gasteiger partial charge on any atom is 0.253 e. The molecule has 0 aromatic heterocycles. The molecule has 1 heterocycles. The molecule has 1 amide bonds. The zero-order chi connectivity index (χ0) is 27.3. The van der Waals surface area contributed by atoms with E-state index in [9.17, 15) is 18.3 Å². The van der Waals surface area contributed by atoms with Crippen molar-refractivity contribution in [2.45, 2.75) is 30.9 Å². The number of carbonyl (C=O) groups excluding carboxylic acids is 1. The Hall–Kier alpha value is -3.46. The van der Waals surface area contributed by atoms with Crippen LogP contribution in [0.15, 0.2) is 83.8 Å². The van der Waals surface area contributed by atoms with Gasteiger partial charge in [-0.3, -0.25) is 4.79 Å². The molecule has 1 aliphatic rings. The van der Waals surface area contributed by atoms with Gasteiger partial charge in [-0.15, -0.1) is 0 Å². The first-order valence-corrected chi connectivity index (χ1v) is 14.1. The van der Waals surface area contributed by atoms with Crippen molar-refractivity contribution in [3.8, 4) is 5.75 Å². The van der Waals surface area contributed by atoms with Crippen molar-refractivity contribution >= 4 is 28.1 Å². The Balaban J connectivity index is 1.70. The molecule has 8 heteroatoms. The predicted molar refractivity (Wildman–Crippen MR) is 149 cm³/mol. The van der Waals surface area contributed by atoms with E-state index >= 15 is 0 Å². The highest BCUT2D eigenvalue weighted by molar-refractivity contribution is 7.89. The van der Waals surface area contributed by atoms with Crippen LogP contribution in [0.4, 0.5) is 0 Å². The predicted octanol–water partition coefficient (Wildman–Crippen LogP) is 4.40. The first-order valence-electron chi connectivity index (χ1n) is 12.7. The van der Waals surface area contributed by atoms with Crippen molar-refractivity contribution in [2.75, 3.05) is 26.7 Å². The molecule has 3 aromatic carbocycles. The summed E-state index contributed by atoms with van der Waals surface area (Å²) in [5, 5.41) is 9.85. The minimum absolute atomic E-state index is 0.0450. The third-order valence-electron chi connectivity index (χ3n) is 6.78. The van der Waals surface area contributed by atoms with Crippen LogP contribution >= 0.6 is 0 Å². The van der Waals surface area contributed by atoms with E-state index in [2.05, 4.69) is 0 Å². The highest BCUT2D eigenvalue weighted by Gasteiger charge is 2.38. The summed E-state index contributed by atoms with van der Waals surface area (Å²) in [6.45, 7) is 3.69. The summed E-state index contributed by atoms with van der Waals surface area (Å²) < 4.78 is 35.1. The van der Waals surface area contributed by atoms with Gasteiger partial charge < -0.3 is 14.7 Å². The second kappa shape index (κ2) is 11.9. The fourth-order valence-corrected chi connectivity index (χ4v) is 6.30. The van der Waals surface area contributed by atoms with Gasteiger partial charge in [0.15, 0.2) is 0 Å². The summed E-state index contributed by atoms with van der Waals surface area (Å²) in [6, 6.07) is 23.2. The highest BCUT2D eigenvalue weighted by Crippen LogP contribution is 2.34. The monoisotopic (exact) mass is 534 g/mol. The molecular weight excluding hydrogens is 500 g/mol. The molecule has 0 spiro atoms. The molecule has 0 aliphatic carbocycles. The van der Waals surface area contributed by atoms with Gasteiger partial charge >= 0.3 is 0 Å². The molecule has 0 bridgehead atoms. The van der Waals surface area contributed by atoms with E-state index in [1.54, 1.807) is 49.2 Å². The number of carbonyl (C=O) groups is 1. The number of likely N-dealkylation sites (N-methyl/N-ethyl adjacent to an activating group) is 1. The number of ether oxygens (including phenoxy) is 1. The Morgan fingerprint density at radius 2 is 1.68 bits per heavy atom. The summed E-state index contributed by atoms with van der Waals surface area (Å²) in [5.74, 6) is -0.176. The summed E-state index contributed by atoms with van der Waals surface area (Å²) in [4.78, 5) is 14.7. The van der Waals surface area contributed by atoms with Crippen molar-refractivity contribution in [3.63, 3.8) is 0 Å². The van der Waals surface area contributed by atoms with E-state index < -0.39 is 22.2 Å². The average molecular weight is 535 g/mol. The van der Waals surface area contributed by atoms with E-state index in [0.29, 0.717) is 5.56 Å². The van der Waals surface area contributed by atoms with Gasteiger partial charge in [0, 0.05) is 31.1 Å². The molecule has 0 saturated carbocycles. The first kappa shape index (κ1) is 27.6. The lowest BCUT2D eigenvalue weighted by atomic mass is 10.0. The zero-order valence-electron chi connectivity index (χ0n) is 21.9. The topological polar surface area (TPSA) is 87.2 Å². The molecule has 1 N–H and O–H groups in total. The number of benzene rings is 3. The maximum atomic E-state index is 13.7. The minimum Gasteiger partial charge on any atom is -0.487 e. The van der Waals surface area contributed by atoms with Crippen molar-refractivity contribution in [1.29, 1.82) is 0 Å². The first-order chi connectivity index (χ1) is 18.2. The molecular formula is C30H34N2O5S. The molecule has 0 fully saturated rings. The van der Waals surface area contributed by atoms with Gasteiger partial charge in [-0.25, -0.2) is 8.42 Å². The van der Waals surface area contributed by atoms with Crippen molar-refractivity contribution in [1.82, 2.24) is 9.21 Å². The molecule has 0 radical (unpaired) electrons. The van der Waals surface area contributed by atoms with Gasteiger partial charge in [0.2, 0.25) is 10.0 Å². The van der Waals surface area contributed by atoms with E-state index in [0.717, 1.165) is 11.1 Å². The third kappa shape index (κ3) is 6.15. The van der Waals surface area contributed by atoms with Crippen LogP contribution in [0.25, 0.3) is 12.2 Å². The van der Waals surface area contributed by atoms with Crippen LogP contribution in [0.2, 0.25) is 0 Å². The van der Waals surface area contributed by atoms with Crippen LogP contribution in [-0.4, -0.2) is 67.5 Å². The highest BCUT2D eigenvalue weighted by atomic mass is 32.2. The molecule has 1 aliphatic heterocycles. The fraction of sp³-hybridized carbons (Fsp3) is 0.300. The smallest absolute Gasteiger partial charge is 0.253 e. The molecule has 3 aromatic rings. The van der Waals surface area contributed by atoms with Crippen molar-refractivity contribution in [2.24, 2.45) is 5.92 Å². The number of hydrogen-bond acceptors (Lipinski definition) is 5. The van der Waals surface area contributed by atoms with Crippen LogP contribution < -0.4 is 4.74 Å². The van der Waals surface area contributed by atoms with E-state index in [4.69, 9.17) is 4.74 Å². The standard InChI is InChI=1S/C30H34N2O5S/c1-22-19-32(23(2)21-33)38(35,36)29-17-16-25(15-14-24-10-6-4-7-11-24)18-27(29)37-28(22)20-31(3)30(34)26-12-8-5-9-13-26/h4-18,22-23,28,33H,19-21H2,1-3H3/b15-14+/t22-,23+,28+/m1/s1. The van der Waals surface area contributed by atoms with Crippen LogP contribution in [-0.2, 0) is 10.0 Å². The van der Waals surface area contributed by atoms with Gasteiger partial charge in [0.05, 0.1) is 13.2 Å². The fourth-order valence-electron chi connectivity index (χ4n) is 4.47. The zero-order valence-corrected chi connectivity index (χ0v) is 22.7. The van der Waals surface area contributed by atoms with Crippen LogP contribution in [0, 0.1) is 5.92 Å². The Labute approximate surface area is 225 Å². The van der Waals surface area contributed by atoms with Crippen LogP contribution in [0.3, 0.4) is 0 Å². The molecule has 38 heavy (non-hydrogen) atoms. The number of sulfonamides is 1. The summed E-state index contributed by atoms with van der Waals surface area (Å²) in [5.41, 5.74) is 2.37. The lowest BCUT2D eigenvalue weighted by Crippen LogP contribution is -2.50. The van der Waals surface area contributed by atoms with Crippen LogP contribution in [0.5, 0.6) is 5.75 Å². The summed E-state index contributed by atoms with van der Waals surface area (Å²) >= 11 is 0. The van der Waals surface area contributed by atoms with E-state index in [1.807, 2.05) is 67.6 Å². The number of hydrogen-bond donors (Lipinski definition) is 1. The number of aliphatic hydroxyl groups excluding tert-OH is 1. The minimum atomic E-state index is -3.94. The Morgan fingerprint density at radius 1 is 1.05 bits per heavy atom. The molecule has 4 rings (SSSR count). The summed E-state index contributed by atoms with van der Waals surface area (Å²) in [7, 11) is -2.22. The number of fused-ring (bicyclic) bond motifs is 1. The molecule has 0 unspecified atom stereocenters. The number of amides is 1. The van der Waals surface area contributed by atoms with Crippen molar-refractivity contribution < 1.29 is 23.1 Å². The largest absolute Gasteiger partial charge is 0.487 e. The van der Waals surface area contributed by atoms with Crippen molar-refractivity contribution in [3.05, 3.63) is 95.6 Å². The summed E-state index contributed by atoms with van der Waals surface area (Å²) in [6.07, 6.45) is 3.37. The third-order valence-corrected chi connectivity index (χ3v) is 8.80.